The molecule has 0 saturated carbocycles. The van der Waals surface area contributed by atoms with Crippen LogP contribution in [0.15, 0.2) is 66.8 Å². The highest BCUT2D eigenvalue weighted by Crippen LogP contribution is 2.34. The van der Waals surface area contributed by atoms with Crippen LogP contribution >= 0.6 is 0 Å². The molecule has 1 aliphatic rings. The van der Waals surface area contributed by atoms with Crippen LogP contribution in [-0.2, 0) is 0 Å². The molecule has 0 N–H and O–H groups in total. The highest BCUT2D eigenvalue weighted by molar-refractivity contribution is 5.65. The average molecular weight is 374 g/mol. The molecule has 3 rings (SSSR count). The Morgan fingerprint density at radius 1 is 1.07 bits per heavy atom. The van der Waals surface area contributed by atoms with E-state index in [2.05, 4.69) is 36.9 Å². The molecule has 2 aromatic rings. The largest absolute Gasteiger partial charge is 0.206 e. The summed E-state index contributed by atoms with van der Waals surface area (Å²) in [6, 6.07) is 15.1. The van der Waals surface area contributed by atoms with Crippen molar-refractivity contribution in [1.82, 2.24) is 0 Å². The lowest BCUT2D eigenvalue weighted by Gasteiger charge is -2.22. The van der Waals surface area contributed by atoms with Crippen molar-refractivity contribution in [3.63, 3.8) is 0 Å². The molecule has 0 saturated heterocycles. The van der Waals surface area contributed by atoms with Crippen LogP contribution in [0.1, 0.15) is 68.4 Å². The second-order valence-corrected chi connectivity index (χ2v) is 7.65. The molecule has 2 aromatic carbocycles. The van der Waals surface area contributed by atoms with E-state index in [0.717, 1.165) is 24.0 Å². The molecule has 2 heteroatoms. The van der Waals surface area contributed by atoms with Crippen LogP contribution in [-0.4, -0.2) is 0 Å². The first kappa shape index (κ1) is 20.1. The van der Waals surface area contributed by atoms with Crippen molar-refractivity contribution in [3.8, 4) is 17.2 Å². The van der Waals surface area contributed by atoms with Gasteiger partial charge in [-0.25, -0.2) is 4.39 Å². The Morgan fingerprint density at radius 3 is 2.50 bits per heavy atom. The van der Waals surface area contributed by atoms with E-state index in [9.17, 15) is 4.39 Å². The second-order valence-electron chi connectivity index (χ2n) is 7.65. The van der Waals surface area contributed by atoms with Gasteiger partial charge in [0.2, 0.25) is 0 Å². The third-order valence-electron chi connectivity index (χ3n) is 5.72. The number of rotatable bonds is 8. The summed E-state index contributed by atoms with van der Waals surface area (Å²) in [7, 11) is 0. The van der Waals surface area contributed by atoms with E-state index in [1.54, 1.807) is 17.7 Å². The number of nitrogens with zero attached hydrogens (tertiary/aromatic N) is 1. The molecule has 28 heavy (non-hydrogen) atoms. The van der Waals surface area contributed by atoms with Crippen LogP contribution < -0.4 is 0 Å². The minimum Gasteiger partial charge on any atom is -0.206 e. The zero-order valence-electron chi connectivity index (χ0n) is 16.5. The van der Waals surface area contributed by atoms with Gasteiger partial charge in [0.05, 0.1) is 5.56 Å². The van der Waals surface area contributed by atoms with Gasteiger partial charge in [0.15, 0.2) is 0 Å². The zero-order chi connectivity index (χ0) is 19.8. The number of unbranched alkanes of at least 4 members (excludes halogenated alkanes) is 3. The maximum Gasteiger partial charge on any atom is 0.141 e. The molecule has 1 aliphatic carbocycles. The normalized spacial score (nSPS) is 16.3. The molecular weight excluding hydrogens is 345 g/mol. The van der Waals surface area contributed by atoms with Crippen LogP contribution in [0, 0.1) is 17.1 Å². The topological polar surface area (TPSA) is 23.8 Å². The highest BCUT2D eigenvalue weighted by Gasteiger charge is 2.16. The number of hydrogen-bond acceptors (Lipinski definition) is 1. The summed E-state index contributed by atoms with van der Waals surface area (Å²) in [5, 5.41) is 8.86. The second kappa shape index (κ2) is 10.0. The van der Waals surface area contributed by atoms with Crippen LogP contribution in [0.25, 0.3) is 11.1 Å². The Bertz CT molecular complexity index is 870. The number of benzene rings is 2. The van der Waals surface area contributed by atoms with Crippen LogP contribution in [0.3, 0.4) is 0 Å². The Morgan fingerprint density at radius 2 is 1.86 bits per heavy atom. The molecule has 0 radical (unpaired) electrons. The molecule has 0 bridgehead atoms. The van der Waals surface area contributed by atoms with Gasteiger partial charge in [-0.3, -0.25) is 0 Å². The fourth-order valence-electron chi connectivity index (χ4n) is 3.97. The van der Waals surface area contributed by atoms with Gasteiger partial charge in [-0.2, -0.15) is 5.26 Å². The number of hydrogen-bond donors (Lipinski definition) is 0. The lowest BCUT2D eigenvalue weighted by Crippen LogP contribution is -2.04. The van der Waals surface area contributed by atoms with Gasteiger partial charge in [0, 0.05) is 0 Å². The van der Waals surface area contributed by atoms with Crippen molar-refractivity contribution in [2.45, 2.75) is 57.3 Å². The van der Waals surface area contributed by atoms with Gasteiger partial charge in [-0.05, 0) is 79.7 Å². The fraction of sp³-hybridized carbons (Fsp3) is 0.346. The third-order valence-corrected chi connectivity index (χ3v) is 5.72. The first-order valence-electron chi connectivity index (χ1n) is 10.3. The van der Waals surface area contributed by atoms with Crippen LogP contribution in [0.4, 0.5) is 4.39 Å². The van der Waals surface area contributed by atoms with E-state index in [4.69, 9.17) is 5.26 Å². The minimum absolute atomic E-state index is 0.0888. The van der Waals surface area contributed by atoms with E-state index in [1.807, 2.05) is 12.1 Å². The molecule has 0 aliphatic heterocycles. The summed E-state index contributed by atoms with van der Waals surface area (Å²) in [6.07, 6.45) is 14.2. The highest BCUT2D eigenvalue weighted by atomic mass is 19.1. The van der Waals surface area contributed by atoms with Crippen LogP contribution in [0.5, 0.6) is 0 Å². The van der Waals surface area contributed by atoms with Gasteiger partial charge in [-0.15, -0.1) is 6.58 Å². The standard InChI is InChI=1S/C26H28FN/c1-2-3-4-5-6-7-20-8-10-21(11-9-20)22-12-14-23(15-13-22)24-16-17-25(19-28)26(27)18-24/h2,8,12-18,21H,1,3-7,9-11H2. The van der Waals surface area contributed by atoms with E-state index in [0.29, 0.717) is 5.92 Å². The molecular formula is C26H28FN. The molecule has 0 aromatic heterocycles. The Kier molecular flexibility index (Phi) is 7.20. The van der Waals surface area contributed by atoms with Gasteiger partial charge in [0.1, 0.15) is 11.9 Å². The van der Waals surface area contributed by atoms with E-state index >= 15 is 0 Å². The number of allylic oxidation sites excluding steroid dienone is 3. The summed E-state index contributed by atoms with van der Waals surface area (Å²) in [5.41, 5.74) is 4.87. The summed E-state index contributed by atoms with van der Waals surface area (Å²) in [5.74, 6) is 0.120. The number of nitriles is 1. The van der Waals surface area contributed by atoms with E-state index < -0.39 is 5.82 Å². The molecule has 1 unspecified atom stereocenters. The average Bonchev–Trinajstić information content (AvgIpc) is 2.74. The van der Waals surface area contributed by atoms with Gasteiger partial charge < -0.3 is 0 Å². The molecule has 0 spiro atoms. The van der Waals surface area contributed by atoms with Gasteiger partial charge in [0.25, 0.3) is 0 Å². The van der Waals surface area contributed by atoms with Crippen molar-refractivity contribution in [1.29, 1.82) is 5.26 Å². The predicted octanol–water partition coefficient (Wildman–Crippen LogP) is 7.69. The Labute approximate surface area is 168 Å². The van der Waals surface area contributed by atoms with Gasteiger partial charge in [-0.1, -0.05) is 54.5 Å². The molecule has 144 valence electrons. The molecule has 0 heterocycles. The van der Waals surface area contributed by atoms with Gasteiger partial charge >= 0.3 is 0 Å². The molecule has 0 fully saturated rings. The minimum atomic E-state index is -0.460. The summed E-state index contributed by atoms with van der Waals surface area (Å²) >= 11 is 0. The molecule has 1 atom stereocenters. The van der Waals surface area contributed by atoms with Crippen molar-refractivity contribution >= 4 is 0 Å². The first-order valence-corrected chi connectivity index (χ1v) is 10.3. The summed E-state index contributed by atoms with van der Waals surface area (Å²) in [4.78, 5) is 0. The maximum atomic E-state index is 13.9. The monoisotopic (exact) mass is 373 g/mol. The van der Waals surface area contributed by atoms with E-state index in [1.165, 1.54) is 50.2 Å². The van der Waals surface area contributed by atoms with Crippen molar-refractivity contribution in [2.75, 3.05) is 0 Å². The summed E-state index contributed by atoms with van der Waals surface area (Å²) in [6.45, 7) is 3.78. The smallest absolute Gasteiger partial charge is 0.141 e. The fourth-order valence-corrected chi connectivity index (χ4v) is 3.97. The first-order chi connectivity index (χ1) is 13.7. The van der Waals surface area contributed by atoms with E-state index in [-0.39, 0.29) is 5.56 Å². The van der Waals surface area contributed by atoms with Crippen molar-refractivity contribution in [3.05, 3.63) is 83.7 Å². The Balaban J connectivity index is 1.57. The zero-order valence-corrected chi connectivity index (χ0v) is 16.5. The quantitative estimate of drug-likeness (QED) is 0.343. The van der Waals surface area contributed by atoms with Crippen molar-refractivity contribution in [2.24, 2.45) is 0 Å². The molecule has 1 nitrogen and oxygen atoms in total. The van der Waals surface area contributed by atoms with Crippen LogP contribution in [0.2, 0.25) is 0 Å². The lowest BCUT2D eigenvalue weighted by atomic mass is 9.83. The third kappa shape index (κ3) is 5.20. The lowest BCUT2D eigenvalue weighted by molar-refractivity contribution is 0.572. The predicted molar refractivity (Wildman–Crippen MR) is 115 cm³/mol. The summed E-state index contributed by atoms with van der Waals surface area (Å²) < 4.78 is 13.9. The molecule has 0 amide bonds. The van der Waals surface area contributed by atoms with Crippen molar-refractivity contribution < 1.29 is 4.39 Å². The maximum absolute atomic E-state index is 13.9. The SMILES string of the molecule is C=CCCCCCC1=CCC(c2ccc(-c3ccc(C#N)c(F)c3)cc2)CC1. The Hall–Kier alpha value is -2.66. The number of halogens is 1.